The maximum Gasteiger partial charge on any atom is 0.303 e. The minimum atomic E-state index is -1.06. The molecule has 3 aliphatic rings. The molecule has 4 rings (SSSR count). The molecular formula is C24H34O7. The summed E-state index contributed by atoms with van der Waals surface area (Å²) in [6, 6.07) is 10.0. The average Bonchev–Trinajstić information content (AvgIpc) is 3.54. The van der Waals surface area contributed by atoms with Crippen molar-refractivity contribution in [2.45, 2.75) is 83.5 Å². The predicted molar refractivity (Wildman–Crippen MR) is 112 cm³/mol. The van der Waals surface area contributed by atoms with Crippen molar-refractivity contribution in [2.75, 3.05) is 13.2 Å². The van der Waals surface area contributed by atoms with E-state index >= 15 is 0 Å². The molecule has 7 nitrogen and oxygen atoms in total. The standard InChI is InChI=1S/C24H34O7/c1-15-18(26)12-24(30-19(15)10-11-27-13-17-8-6-5-7-9-17)23(3,4)22(29-16(2)25)21(31-24)20-14-28-20/h5-9,15,18-22,26H,10-14H2,1-4H3/t15-,18+,19-,20-,21+,22-,24+/m1/s1. The monoisotopic (exact) mass is 434 g/mol. The summed E-state index contributed by atoms with van der Waals surface area (Å²) < 4.78 is 30.1. The Labute approximate surface area is 184 Å². The van der Waals surface area contributed by atoms with E-state index < -0.39 is 29.5 Å². The molecule has 31 heavy (non-hydrogen) atoms. The van der Waals surface area contributed by atoms with Crippen molar-refractivity contribution in [3.8, 4) is 0 Å². The van der Waals surface area contributed by atoms with Crippen LogP contribution >= 0.6 is 0 Å². The summed E-state index contributed by atoms with van der Waals surface area (Å²) in [5.74, 6) is -1.48. The van der Waals surface area contributed by atoms with Gasteiger partial charge in [-0.05, 0) is 12.0 Å². The van der Waals surface area contributed by atoms with E-state index in [0.29, 0.717) is 32.7 Å². The van der Waals surface area contributed by atoms with Gasteiger partial charge in [-0.1, -0.05) is 51.1 Å². The van der Waals surface area contributed by atoms with Crippen molar-refractivity contribution in [3.63, 3.8) is 0 Å². The first-order valence-electron chi connectivity index (χ1n) is 11.2. The lowest BCUT2D eigenvalue weighted by Crippen LogP contribution is -2.58. The zero-order valence-corrected chi connectivity index (χ0v) is 18.8. The van der Waals surface area contributed by atoms with E-state index in [4.69, 9.17) is 23.7 Å². The highest BCUT2D eigenvalue weighted by Crippen LogP contribution is 2.56. The predicted octanol–water partition coefficient (Wildman–Crippen LogP) is 2.83. The lowest BCUT2D eigenvalue weighted by atomic mass is 9.72. The molecule has 3 fully saturated rings. The third-order valence-electron chi connectivity index (χ3n) is 7.01. The Morgan fingerprint density at radius 1 is 1.23 bits per heavy atom. The van der Waals surface area contributed by atoms with Gasteiger partial charge in [-0.3, -0.25) is 4.79 Å². The van der Waals surface area contributed by atoms with E-state index in [0.717, 1.165) is 5.56 Å². The van der Waals surface area contributed by atoms with E-state index in [2.05, 4.69) is 0 Å². The van der Waals surface area contributed by atoms with Crippen LogP contribution in [-0.2, 0) is 35.1 Å². The first kappa shape index (κ1) is 22.7. The number of rotatable bonds is 7. The molecule has 0 radical (unpaired) electrons. The largest absolute Gasteiger partial charge is 0.459 e. The molecule has 1 aromatic rings. The minimum Gasteiger partial charge on any atom is -0.459 e. The Balaban J connectivity index is 1.45. The number of esters is 1. The zero-order chi connectivity index (χ0) is 22.2. The maximum absolute atomic E-state index is 11.8. The van der Waals surface area contributed by atoms with Gasteiger partial charge in [-0.2, -0.15) is 0 Å². The topological polar surface area (TPSA) is 86.8 Å². The van der Waals surface area contributed by atoms with Gasteiger partial charge in [-0.15, -0.1) is 0 Å². The van der Waals surface area contributed by atoms with Gasteiger partial charge in [0.05, 0.1) is 30.8 Å². The van der Waals surface area contributed by atoms with Crippen molar-refractivity contribution in [1.82, 2.24) is 0 Å². The normalized spacial score (nSPS) is 38.9. The van der Waals surface area contributed by atoms with Gasteiger partial charge in [0.25, 0.3) is 0 Å². The number of carbonyl (C=O) groups excluding carboxylic acids is 1. The molecule has 7 atom stereocenters. The van der Waals surface area contributed by atoms with Crippen molar-refractivity contribution in [2.24, 2.45) is 11.3 Å². The van der Waals surface area contributed by atoms with Gasteiger partial charge in [0.1, 0.15) is 18.3 Å². The minimum absolute atomic E-state index is 0.0613. The molecule has 0 bridgehead atoms. The Kier molecular flexibility index (Phi) is 6.43. The second kappa shape index (κ2) is 8.79. The van der Waals surface area contributed by atoms with Gasteiger partial charge in [0, 0.05) is 25.9 Å². The molecule has 0 unspecified atom stereocenters. The summed E-state index contributed by atoms with van der Waals surface area (Å²) in [4.78, 5) is 11.8. The molecule has 0 saturated carbocycles. The van der Waals surface area contributed by atoms with Crippen LogP contribution in [-0.4, -0.2) is 60.6 Å². The second-order valence-electron chi connectivity index (χ2n) is 9.57. The summed E-state index contributed by atoms with van der Waals surface area (Å²) in [5.41, 5.74) is 0.466. The van der Waals surface area contributed by atoms with Gasteiger partial charge < -0.3 is 28.8 Å². The first-order chi connectivity index (χ1) is 14.7. The van der Waals surface area contributed by atoms with Crippen molar-refractivity contribution < 1.29 is 33.6 Å². The van der Waals surface area contributed by atoms with Crippen LogP contribution in [0.15, 0.2) is 30.3 Å². The Hall–Kier alpha value is -1.51. The van der Waals surface area contributed by atoms with Crippen LogP contribution in [0.3, 0.4) is 0 Å². The molecule has 3 heterocycles. The fraction of sp³-hybridized carbons (Fsp3) is 0.708. The summed E-state index contributed by atoms with van der Waals surface area (Å²) >= 11 is 0. The molecule has 172 valence electrons. The molecule has 3 saturated heterocycles. The highest BCUT2D eigenvalue weighted by molar-refractivity contribution is 5.66. The average molecular weight is 435 g/mol. The molecule has 3 aliphatic heterocycles. The van der Waals surface area contributed by atoms with E-state index in [-0.39, 0.29) is 24.1 Å². The lowest BCUT2D eigenvalue weighted by molar-refractivity contribution is -0.333. The maximum atomic E-state index is 11.8. The number of carbonyl (C=O) groups is 1. The Morgan fingerprint density at radius 3 is 2.58 bits per heavy atom. The molecular weight excluding hydrogens is 400 g/mol. The highest BCUT2D eigenvalue weighted by atomic mass is 16.7. The lowest BCUT2D eigenvalue weighted by Gasteiger charge is -2.50. The van der Waals surface area contributed by atoms with Gasteiger partial charge in [0.15, 0.2) is 5.79 Å². The van der Waals surface area contributed by atoms with E-state index in [1.807, 2.05) is 51.1 Å². The van der Waals surface area contributed by atoms with Crippen molar-refractivity contribution in [3.05, 3.63) is 35.9 Å². The summed E-state index contributed by atoms with van der Waals surface area (Å²) in [7, 11) is 0. The second-order valence-corrected chi connectivity index (χ2v) is 9.57. The fourth-order valence-corrected chi connectivity index (χ4v) is 4.86. The van der Waals surface area contributed by atoms with E-state index in [1.165, 1.54) is 6.92 Å². The Morgan fingerprint density at radius 2 is 1.94 bits per heavy atom. The first-order valence-corrected chi connectivity index (χ1v) is 11.2. The molecule has 1 aromatic carbocycles. The SMILES string of the molecule is CC(=O)O[C@@H]1[C@H]([C@H]2CO2)O[C@@]2(C[C@H](O)[C@@H](C)[C@@H](CCOCc3ccccc3)O2)C1(C)C. The highest BCUT2D eigenvalue weighted by Gasteiger charge is 2.68. The van der Waals surface area contributed by atoms with E-state index in [1.54, 1.807) is 0 Å². The molecule has 1 spiro atoms. The van der Waals surface area contributed by atoms with Crippen LogP contribution in [0.25, 0.3) is 0 Å². The number of ether oxygens (including phenoxy) is 5. The van der Waals surface area contributed by atoms with Crippen LogP contribution in [0, 0.1) is 11.3 Å². The van der Waals surface area contributed by atoms with Crippen LogP contribution in [0.1, 0.15) is 46.1 Å². The number of epoxide rings is 1. The zero-order valence-electron chi connectivity index (χ0n) is 18.8. The number of hydrogen-bond donors (Lipinski definition) is 1. The summed E-state index contributed by atoms with van der Waals surface area (Å²) in [6.45, 7) is 8.97. The van der Waals surface area contributed by atoms with Gasteiger partial charge in [0.2, 0.25) is 0 Å². The van der Waals surface area contributed by atoms with Crippen molar-refractivity contribution >= 4 is 5.97 Å². The third kappa shape index (κ3) is 4.52. The molecule has 0 amide bonds. The van der Waals surface area contributed by atoms with E-state index in [9.17, 15) is 9.90 Å². The quantitative estimate of drug-likeness (QED) is 0.401. The number of aliphatic hydroxyl groups is 1. The van der Waals surface area contributed by atoms with Crippen LogP contribution < -0.4 is 0 Å². The van der Waals surface area contributed by atoms with Crippen LogP contribution in [0.2, 0.25) is 0 Å². The van der Waals surface area contributed by atoms with Gasteiger partial charge >= 0.3 is 5.97 Å². The smallest absolute Gasteiger partial charge is 0.303 e. The van der Waals surface area contributed by atoms with Gasteiger partial charge in [-0.25, -0.2) is 0 Å². The third-order valence-corrected chi connectivity index (χ3v) is 7.01. The van der Waals surface area contributed by atoms with Crippen molar-refractivity contribution in [1.29, 1.82) is 0 Å². The summed E-state index contributed by atoms with van der Waals surface area (Å²) in [5, 5.41) is 10.9. The Bertz CT molecular complexity index is 762. The number of hydrogen-bond acceptors (Lipinski definition) is 7. The van der Waals surface area contributed by atoms with Crippen LogP contribution in [0.4, 0.5) is 0 Å². The molecule has 7 heteroatoms. The van der Waals surface area contributed by atoms with Crippen LogP contribution in [0.5, 0.6) is 0 Å². The number of benzene rings is 1. The molecule has 0 aromatic heterocycles. The summed E-state index contributed by atoms with van der Waals surface area (Å²) in [6.07, 6.45) is -0.906. The molecule has 1 N–H and O–H groups in total. The number of aliphatic hydroxyl groups excluding tert-OH is 1. The molecule has 0 aliphatic carbocycles. The fourth-order valence-electron chi connectivity index (χ4n) is 4.86.